The molecule has 2 aromatic rings. The van der Waals surface area contributed by atoms with E-state index in [1.165, 1.54) is 9.25 Å². The average molecular weight is 398 g/mol. The zero-order chi connectivity index (χ0) is 20.4. The van der Waals surface area contributed by atoms with E-state index in [1.807, 2.05) is 35.2 Å². The van der Waals surface area contributed by atoms with Gasteiger partial charge in [0.1, 0.15) is 19.0 Å². The second kappa shape index (κ2) is 8.23. The van der Waals surface area contributed by atoms with Gasteiger partial charge in [0, 0.05) is 32.0 Å². The van der Waals surface area contributed by atoms with E-state index in [0.29, 0.717) is 18.9 Å². The maximum absolute atomic E-state index is 12.5. The van der Waals surface area contributed by atoms with Gasteiger partial charge in [0.2, 0.25) is 5.91 Å². The Kier molecular flexibility index (Phi) is 5.51. The van der Waals surface area contributed by atoms with Gasteiger partial charge in [-0.2, -0.15) is 5.10 Å². The lowest BCUT2D eigenvalue weighted by atomic mass is 9.95. The number of hydrogen-bond donors (Lipinski definition) is 0. The molecule has 1 aliphatic carbocycles. The Morgan fingerprint density at radius 3 is 2.45 bits per heavy atom. The number of benzene rings is 1. The van der Waals surface area contributed by atoms with Gasteiger partial charge >= 0.3 is 11.7 Å². The van der Waals surface area contributed by atoms with Crippen molar-refractivity contribution in [3.8, 4) is 0 Å². The van der Waals surface area contributed by atoms with Crippen LogP contribution in [-0.4, -0.2) is 44.2 Å². The first kappa shape index (κ1) is 19.4. The molecule has 2 fully saturated rings. The van der Waals surface area contributed by atoms with Gasteiger partial charge in [0.25, 0.3) is 0 Å². The molecule has 0 unspecified atom stereocenters. The smallest absolute Gasteiger partial charge is 0.346 e. The summed E-state index contributed by atoms with van der Waals surface area (Å²) >= 11 is 0. The molecule has 4 rings (SSSR count). The van der Waals surface area contributed by atoms with Crippen LogP contribution in [0.2, 0.25) is 0 Å². The normalized spacial score (nSPS) is 17.3. The highest BCUT2D eigenvalue weighted by Crippen LogP contribution is 2.33. The number of esters is 1. The number of carbonyl (C=O) groups is 2. The zero-order valence-corrected chi connectivity index (χ0v) is 16.6. The quantitative estimate of drug-likeness (QED) is 0.688. The molecule has 0 N–H and O–H groups in total. The molecule has 1 aromatic carbocycles. The summed E-state index contributed by atoms with van der Waals surface area (Å²) in [4.78, 5) is 38.8. The largest absolute Gasteiger partial charge is 0.459 e. The van der Waals surface area contributed by atoms with Crippen LogP contribution in [0.3, 0.4) is 0 Å². The van der Waals surface area contributed by atoms with Crippen LogP contribution in [0.25, 0.3) is 0 Å². The molecule has 29 heavy (non-hydrogen) atoms. The van der Waals surface area contributed by atoms with Crippen LogP contribution in [0.5, 0.6) is 0 Å². The van der Waals surface area contributed by atoms with Gasteiger partial charge in [0.15, 0.2) is 0 Å². The van der Waals surface area contributed by atoms with Gasteiger partial charge in [-0.25, -0.2) is 9.48 Å². The van der Waals surface area contributed by atoms with Crippen LogP contribution in [0, 0.1) is 5.92 Å². The SMILES string of the molecule is Cn1c(C2CCN(C(=O)C3CC3)CC2)nn(CC(=O)OCc2ccccc2)c1=O. The van der Waals surface area contributed by atoms with Crippen molar-refractivity contribution in [2.24, 2.45) is 13.0 Å². The Hall–Kier alpha value is -2.90. The van der Waals surface area contributed by atoms with Crippen LogP contribution in [0.1, 0.15) is 43.0 Å². The van der Waals surface area contributed by atoms with Crippen molar-refractivity contribution in [1.29, 1.82) is 0 Å². The van der Waals surface area contributed by atoms with Crippen molar-refractivity contribution < 1.29 is 14.3 Å². The summed E-state index contributed by atoms with van der Waals surface area (Å²) in [6.07, 6.45) is 3.58. The number of likely N-dealkylation sites (tertiary alicyclic amines) is 1. The molecule has 0 bridgehead atoms. The molecule has 8 heteroatoms. The predicted molar refractivity (Wildman–Crippen MR) is 105 cm³/mol. The fraction of sp³-hybridized carbons (Fsp3) is 0.524. The van der Waals surface area contributed by atoms with Crippen molar-refractivity contribution in [1.82, 2.24) is 19.2 Å². The molecule has 8 nitrogen and oxygen atoms in total. The molecule has 0 spiro atoms. The van der Waals surface area contributed by atoms with Crippen LogP contribution in [0.15, 0.2) is 35.1 Å². The first-order chi connectivity index (χ1) is 14.0. The number of piperidine rings is 1. The lowest BCUT2D eigenvalue weighted by molar-refractivity contribution is -0.146. The minimum Gasteiger partial charge on any atom is -0.459 e. The maximum atomic E-state index is 12.5. The number of carbonyl (C=O) groups excluding carboxylic acids is 2. The van der Waals surface area contributed by atoms with Gasteiger partial charge in [0.05, 0.1) is 0 Å². The highest BCUT2D eigenvalue weighted by atomic mass is 16.5. The number of amides is 1. The third kappa shape index (κ3) is 4.41. The fourth-order valence-electron chi connectivity index (χ4n) is 3.82. The van der Waals surface area contributed by atoms with Crippen molar-refractivity contribution in [3.63, 3.8) is 0 Å². The van der Waals surface area contributed by atoms with Gasteiger partial charge in [-0.15, -0.1) is 0 Å². The minimum absolute atomic E-state index is 0.109. The van der Waals surface area contributed by atoms with Gasteiger partial charge in [-0.05, 0) is 31.2 Å². The van der Waals surface area contributed by atoms with Gasteiger partial charge in [-0.1, -0.05) is 30.3 Å². The molecule has 1 saturated heterocycles. The van der Waals surface area contributed by atoms with Gasteiger partial charge < -0.3 is 9.64 Å². The number of nitrogens with zero attached hydrogens (tertiary/aromatic N) is 4. The first-order valence-electron chi connectivity index (χ1n) is 10.1. The summed E-state index contributed by atoms with van der Waals surface area (Å²) in [5.41, 5.74) is 0.565. The molecule has 1 aliphatic heterocycles. The highest BCUT2D eigenvalue weighted by Gasteiger charge is 2.36. The molecule has 0 radical (unpaired) electrons. The third-order valence-corrected chi connectivity index (χ3v) is 5.69. The Morgan fingerprint density at radius 2 is 1.79 bits per heavy atom. The fourth-order valence-corrected chi connectivity index (χ4v) is 3.82. The summed E-state index contributed by atoms with van der Waals surface area (Å²) in [7, 11) is 1.68. The Bertz CT molecular complexity index is 937. The second-order valence-electron chi connectivity index (χ2n) is 7.88. The van der Waals surface area contributed by atoms with Crippen LogP contribution >= 0.6 is 0 Å². The lowest BCUT2D eigenvalue weighted by Gasteiger charge is -2.31. The summed E-state index contributed by atoms with van der Waals surface area (Å²) < 4.78 is 7.94. The van der Waals surface area contributed by atoms with Crippen LogP contribution in [-0.2, 0) is 34.5 Å². The number of rotatable bonds is 6. The molecule has 1 saturated carbocycles. The zero-order valence-electron chi connectivity index (χ0n) is 16.6. The number of aromatic nitrogens is 3. The molecule has 154 valence electrons. The molecule has 2 aliphatic rings. The van der Waals surface area contributed by atoms with Crippen molar-refractivity contribution in [2.75, 3.05) is 13.1 Å². The monoisotopic (exact) mass is 398 g/mol. The highest BCUT2D eigenvalue weighted by molar-refractivity contribution is 5.81. The van der Waals surface area contributed by atoms with Crippen molar-refractivity contribution >= 4 is 11.9 Å². The Balaban J connectivity index is 1.35. The standard InChI is InChI=1S/C21H26N4O4/c1-23-19(16-9-11-24(12-10-16)20(27)17-7-8-17)22-25(21(23)28)13-18(26)29-14-15-5-3-2-4-6-15/h2-6,16-17H,7-14H2,1H3. The summed E-state index contributed by atoms with van der Waals surface area (Å²) in [6, 6.07) is 9.40. The third-order valence-electron chi connectivity index (χ3n) is 5.69. The van der Waals surface area contributed by atoms with E-state index < -0.39 is 5.97 Å². The van der Waals surface area contributed by atoms with E-state index in [-0.39, 0.29) is 36.6 Å². The minimum atomic E-state index is -0.495. The van der Waals surface area contributed by atoms with E-state index in [0.717, 1.165) is 31.2 Å². The van der Waals surface area contributed by atoms with E-state index in [9.17, 15) is 14.4 Å². The molecule has 1 amide bonds. The molecular formula is C21H26N4O4. The van der Waals surface area contributed by atoms with Crippen molar-refractivity contribution in [2.45, 2.75) is 44.8 Å². The topological polar surface area (TPSA) is 86.4 Å². The number of hydrogen-bond acceptors (Lipinski definition) is 5. The van der Waals surface area contributed by atoms with E-state index in [1.54, 1.807) is 7.05 Å². The average Bonchev–Trinajstić information content (AvgIpc) is 3.56. The van der Waals surface area contributed by atoms with E-state index in [4.69, 9.17) is 4.74 Å². The molecule has 1 aromatic heterocycles. The summed E-state index contributed by atoms with van der Waals surface area (Å²) in [5, 5.41) is 4.41. The predicted octanol–water partition coefficient (Wildman–Crippen LogP) is 1.44. The Morgan fingerprint density at radius 1 is 1.10 bits per heavy atom. The summed E-state index contributed by atoms with van der Waals surface area (Å²) in [6.45, 7) is 1.35. The molecule has 2 heterocycles. The van der Waals surface area contributed by atoms with Gasteiger partial charge in [-0.3, -0.25) is 14.2 Å². The Labute approximate surface area is 169 Å². The maximum Gasteiger partial charge on any atom is 0.346 e. The first-order valence-corrected chi connectivity index (χ1v) is 10.1. The lowest BCUT2D eigenvalue weighted by Crippen LogP contribution is -2.39. The second-order valence-corrected chi connectivity index (χ2v) is 7.88. The van der Waals surface area contributed by atoms with Crippen LogP contribution in [0.4, 0.5) is 0 Å². The van der Waals surface area contributed by atoms with Crippen molar-refractivity contribution in [3.05, 3.63) is 52.2 Å². The van der Waals surface area contributed by atoms with E-state index >= 15 is 0 Å². The summed E-state index contributed by atoms with van der Waals surface area (Å²) in [5.74, 6) is 0.786. The van der Waals surface area contributed by atoms with Crippen LogP contribution < -0.4 is 5.69 Å². The number of ether oxygens (including phenoxy) is 1. The molecule has 0 atom stereocenters. The van der Waals surface area contributed by atoms with E-state index in [2.05, 4.69) is 5.10 Å². The molecular weight excluding hydrogens is 372 g/mol.